The maximum Gasteiger partial charge on any atom is 0.246 e. The number of hydrogen-bond acceptors (Lipinski definition) is 2. The summed E-state index contributed by atoms with van der Waals surface area (Å²) in [6, 6.07) is 0.111. The highest BCUT2D eigenvalue weighted by molar-refractivity contribution is 6.87. The Labute approximate surface area is 131 Å². The van der Waals surface area contributed by atoms with E-state index in [4.69, 9.17) is 4.84 Å². The first-order chi connectivity index (χ1) is 9.77. The standard InChI is InChI=1S/C17H33NO2Si/c1-13(2)21(14(3)4,15(5)6)12-11-16-9-8-10-17(19)18(16)20-7/h11-16H,8-10H2,1-7H3/b12-11+/t16-/m1/s1. The molecule has 4 heteroatoms. The molecule has 1 heterocycles. The van der Waals surface area contributed by atoms with Gasteiger partial charge in [-0.05, 0) is 29.5 Å². The van der Waals surface area contributed by atoms with Crippen LogP contribution >= 0.6 is 0 Å². The van der Waals surface area contributed by atoms with Crippen LogP contribution < -0.4 is 0 Å². The molecule has 0 bridgehead atoms. The zero-order chi connectivity index (χ0) is 16.2. The summed E-state index contributed by atoms with van der Waals surface area (Å²) >= 11 is 0. The molecule has 0 spiro atoms. The summed E-state index contributed by atoms with van der Waals surface area (Å²) in [5, 5.41) is 1.57. The summed E-state index contributed by atoms with van der Waals surface area (Å²) in [7, 11) is 0.0493. The molecular weight excluding hydrogens is 278 g/mol. The number of hydrogen-bond donors (Lipinski definition) is 0. The van der Waals surface area contributed by atoms with Crippen LogP contribution in [0.2, 0.25) is 16.6 Å². The van der Waals surface area contributed by atoms with Crippen molar-refractivity contribution in [1.29, 1.82) is 0 Å². The molecule has 1 rings (SSSR count). The maximum atomic E-state index is 11.9. The Balaban J connectivity index is 3.04. The molecule has 1 saturated heterocycles. The van der Waals surface area contributed by atoms with Crippen molar-refractivity contribution in [2.45, 2.75) is 83.5 Å². The molecule has 0 aliphatic carbocycles. The van der Waals surface area contributed by atoms with Gasteiger partial charge in [0, 0.05) is 6.42 Å². The number of nitrogens with zero attached hydrogens (tertiary/aromatic N) is 1. The van der Waals surface area contributed by atoms with Crippen molar-refractivity contribution in [2.75, 3.05) is 7.11 Å². The monoisotopic (exact) mass is 311 g/mol. The second-order valence-corrected chi connectivity index (χ2v) is 13.0. The molecule has 1 aliphatic heterocycles. The fraction of sp³-hybridized carbons (Fsp3) is 0.824. The lowest BCUT2D eigenvalue weighted by atomic mass is 10.0. The molecular formula is C17H33NO2Si. The van der Waals surface area contributed by atoms with E-state index in [0.29, 0.717) is 23.0 Å². The highest BCUT2D eigenvalue weighted by atomic mass is 28.3. The molecule has 0 radical (unpaired) electrons. The Morgan fingerprint density at radius 2 is 1.67 bits per heavy atom. The summed E-state index contributed by atoms with van der Waals surface area (Å²) in [5.41, 5.74) is 4.60. The second-order valence-electron chi connectivity index (χ2n) is 7.18. The van der Waals surface area contributed by atoms with Gasteiger partial charge in [-0.15, -0.1) is 0 Å². The summed E-state index contributed by atoms with van der Waals surface area (Å²) in [6.07, 6.45) is 4.86. The number of carbonyl (C=O) groups is 1. The third kappa shape index (κ3) is 3.78. The third-order valence-corrected chi connectivity index (χ3v) is 12.0. The molecule has 0 aromatic heterocycles. The lowest BCUT2D eigenvalue weighted by molar-refractivity contribution is -0.189. The van der Waals surface area contributed by atoms with Gasteiger partial charge in [-0.2, -0.15) is 0 Å². The first-order valence-electron chi connectivity index (χ1n) is 8.32. The molecule has 0 N–H and O–H groups in total. The van der Waals surface area contributed by atoms with Gasteiger partial charge in [0.25, 0.3) is 0 Å². The molecule has 122 valence electrons. The van der Waals surface area contributed by atoms with E-state index < -0.39 is 8.07 Å². The van der Waals surface area contributed by atoms with E-state index in [-0.39, 0.29) is 11.9 Å². The van der Waals surface area contributed by atoms with Crippen LogP contribution in [0.3, 0.4) is 0 Å². The first kappa shape index (κ1) is 18.4. The van der Waals surface area contributed by atoms with E-state index >= 15 is 0 Å². The van der Waals surface area contributed by atoms with Crippen LogP contribution in [0, 0.1) is 0 Å². The van der Waals surface area contributed by atoms with Gasteiger partial charge in [0.05, 0.1) is 21.2 Å². The number of piperidine rings is 1. The van der Waals surface area contributed by atoms with Gasteiger partial charge < -0.3 is 0 Å². The van der Waals surface area contributed by atoms with Crippen molar-refractivity contribution in [1.82, 2.24) is 5.06 Å². The largest absolute Gasteiger partial charge is 0.274 e. The summed E-state index contributed by atoms with van der Waals surface area (Å²) < 4.78 is 0. The van der Waals surface area contributed by atoms with Gasteiger partial charge in [-0.1, -0.05) is 53.3 Å². The van der Waals surface area contributed by atoms with Crippen molar-refractivity contribution < 1.29 is 9.63 Å². The Morgan fingerprint density at radius 1 is 1.14 bits per heavy atom. The predicted molar refractivity (Wildman–Crippen MR) is 91.7 cm³/mol. The highest BCUT2D eigenvalue weighted by Crippen LogP contribution is 2.42. The van der Waals surface area contributed by atoms with E-state index in [1.54, 1.807) is 12.2 Å². The maximum absolute atomic E-state index is 11.9. The number of rotatable bonds is 6. The van der Waals surface area contributed by atoms with E-state index in [0.717, 1.165) is 12.8 Å². The molecule has 0 unspecified atom stereocenters. The Morgan fingerprint density at radius 3 is 2.10 bits per heavy atom. The minimum Gasteiger partial charge on any atom is -0.274 e. The zero-order valence-electron chi connectivity index (χ0n) is 14.8. The fourth-order valence-electron chi connectivity index (χ4n) is 4.14. The van der Waals surface area contributed by atoms with Crippen LogP contribution in [0.5, 0.6) is 0 Å². The van der Waals surface area contributed by atoms with Crippen molar-refractivity contribution >= 4 is 14.0 Å². The van der Waals surface area contributed by atoms with Crippen LogP contribution in [0.4, 0.5) is 0 Å². The minimum absolute atomic E-state index is 0.111. The van der Waals surface area contributed by atoms with Crippen molar-refractivity contribution in [3.05, 3.63) is 11.8 Å². The van der Waals surface area contributed by atoms with Crippen LogP contribution in [-0.2, 0) is 9.63 Å². The second kappa shape index (κ2) is 7.59. The Kier molecular flexibility index (Phi) is 6.66. The average molecular weight is 312 g/mol. The lowest BCUT2D eigenvalue weighted by Crippen LogP contribution is -2.45. The van der Waals surface area contributed by atoms with Gasteiger partial charge in [0.2, 0.25) is 5.91 Å². The van der Waals surface area contributed by atoms with Gasteiger partial charge in [0.1, 0.15) is 0 Å². The van der Waals surface area contributed by atoms with Gasteiger partial charge in [-0.25, -0.2) is 5.06 Å². The van der Waals surface area contributed by atoms with E-state index in [1.807, 2.05) is 0 Å². The summed E-state index contributed by atoms with van der Waals surface area (Å²) in [4.78, 5) is 17.3. The quantitative estimate of drug-likeness (QED) is 0.665. The van der Waals surface area contributed by atoms with Crippen LogP contribution in [-0.4, -0.2) is 32.2 Å². The smallest absolute Gasteiger partial charge is 0.246 e. The molecule has 21 heavy (non-hydrogen) atoms. The number of carbonyl (C=O) groups excluding carboxylic acids is 1. The topological polar surface area (TPSA) is 29.5 Å². The SMILES string of the molecule is CON1C(=O)CCC[C@@H]1/C=C/[Si](C(C)C)(C(C)C)C(C)C. The van der Waals surface area contributed by atoms with Gasteiger partial charge >= 0.3 is 0 Å². The molecule has 0 aromatic carbocycles. The lowest BCUT2D eigenvalue weighted by Gasteiger charge is -2.41. The average Bonchev–Trinajstić information content (AvgIpc) is 2.38. The number of hydroxylamine groups is 2. The van der Waals surface area contributed by atoms with E-state index in [9.17, 15) is 4.79 Å². The van der Waals surface area contributed by atoms with Gasteiger partial charge in [-0.3, -0.25) is 9.63 Å². The molecule has 1 amide bonds. The minimum atomic E-state index is -1.55. The summed E-state index contributed by atoms with van der Waals surface area (Å²) in [6.45, 7) is 14.1. The molecule has 1 fully saturated rings. The predicted octanol–water partition coefficient (Wildman–Crippen LogP) is 4.70. The first-order valence-corrected chi connectivity index (χ1v) is 10.6. The van der Waals surface area contributed by atoms with Crippen molar-refractivity contribution in [3.8, 4) is 0 Å². The Bertz CT molecular complexity index is 355. The highest BCUT2D eigenvalue weighted by Gasteiger charge is 2.40. The normalized spacial score (nSPS) is 21.3. The molecule has 1 atom stereocenters. The fourth-order valence-corrected chi connectivity index (χ4v) is 9.85. The molecule has 0 saturated carbocycles. The van der Waals surface area contributed by atoms with E-state index in [1.165, 1.54) is 0 Å². The third-order valence-electron chi connectivity index (χ3n) is 5.24. The van der Waals surface area contributed by atoms with Crippen molar-refractivity contribution in [2.24, 2.45) is 0 Å². The van der Waals surface area contributed by atoms with Gasteiger partial charge in [0.15, 0.2) is 0 Å². The van der Waals surface area contributed by atoms with E-state index in [2.05, 4.69) is 53.3 Å². The Hall–Kier alpha value is -0.613. The molecule has 0 aromatic rings. The summed E-state index contributed by atoms with van der Waals surface area (Å²) in [5.74, 6) is 0.115. The molecule has 3 nitrogen and oxygen atoms in total. The molecule has 1 aliphatic rings. The van der Waals surface area contributed by atoms with Crippen LogP contribution in [0.15, 0.2) is 11.8 Å². The zero-order valence-corrected chi connectivity index (χ0v) is 15.8. The van der Waals surface area contributed by atoms with Crippen molar-refractivity contribution in [3.63, 3.8) is 0 Å². The van der Waals surface area contributed by atoms with Crippen LogP contribution in [0.1, 0.15) is 60.8 Å². The van der Waals surface area contributed by atoms with Crippen LogP contribution in [0.25, 0.3) is 0 Å². The number of amides is 1.